The summed E-state index contributed by atoms with van der Waals surface area (Å²) in [6.07, 6.45) is 2.04. The summed E-state index contributed by atoms with van der Waals surface area (Å²) >= 11 is 0. The Bertz CT molecular complexity index is 1660. The molecule has 3 aromatic heterocycles. The highest BCUT2D eigenvalue weighted by Gasteiger charge is 2.35. The third-order valence-corrected chi connectivity index (χ3v) is 7.45. The molecule has 0 bridgehead atoms. The maximum Gasteiger partial charge on any atom is 0.434 e. The molecule has 1 fully saturated rings. The molecule has 4 aromatic rings. The number of alkyl halides is 5. The highest BCUT2D eigenvalue weighted by Crippen LogP contribution is 2.45. The Labute approximate surface area is 243 Å². The van der Waals surface area contributed by atoms with Gasteiger partial charge in [-0.1, -0.05) is 24.3 Å². The molecule has 0 atom stereocenters. The molecule has 14 heteroatoms. The minimum atomic E-state index is -4.54. The van der Waals surface area contributed by atoms with Gasteiger partial charge in [0.15, 0.2) is 11.5 Å². The van der Waals surface area contributed by atoms with Crippen LogP contribution in [0, 0.1) is 5.41 Å². The molecule has 224 valence electrons. The zero-order valence-corrected chi connectivity index (χ0v) is 23.0. The number of rotatable bonds is 8. The molecular formula is C29H27F5N8O. The van der Waals surface area contributed by atoms with Crippen LogP contribution in [0.25, 0.3) is 22.8 Å². The van der Waals surface area contributed by atoms with Crippen LogP contribution in [-0.4, -0.2) is 41.8 Å². The van der Waals surface area contributed by atoms with Crippen LogP contribution < -0.4 is 10.1 Å². The summed E-state index contributed by atoms with van der Waals surface area (Å²) in [5, 5.41) is 12.0. The van der Waals surface area contributed by atoms with Crippen molar-refractivity contribution in [3.63, 3.8) is 0 Å². The largest absolute Gasteiger partial charge is 0.434 e. The molecule has 2 aliphatic rings. The van der Waals surface area contributed by atoms with E-state index in [4.69, 9.17) is 20.1 Å². The Morgan fingerprint density at radius 3 is 2.44 bits per heavy atom. The van der Waals surface area contributed by atoms with Crippen molar-refractivity contribution in [2.24, 2.45) is 7.05 Å². The molecular weight excluding hydrogens is 571 g/mol. The molecule has 0 aliphatic heterocycles. The Kier molecular flexibility index (Phi) is 7.52. The fraction of sp³-hybridized carbons (Fsp3) is 0.379. The maximum atomic E-state index is 13.3. The van der Waals surface area contributed by atoms with Gasteiger partial charge >= 0.3 is 12.8 Å². The molecule has 0 radical (unpaired) electrons. The van der Waals surface area contributed by atoms with Gasteiger partial charge in [0.05, 0.1) is 17.0 Å². The number of ether oxygens (including phenoxy) is 1. The molecule has 2 N–H and O–H groups in total. The Morgan fingerprint density at radius 1 is 1.02 bits per heavy atom. The van der Waals surface area contributed by atoms with Crippen molar-refractivity contribution in [2.75, 3.05) is 5.32 Å². The summed E-state index contributed by atoms with van der Waals surface area (Å²) < 4.78 is 72.1. The first-order valence-electron chi connectivity index (χ1n) is 13.8. The summed E-state index contributed by atoms with van der Waals surface area (Å²) in [5.74, 6) is 0.493. The molecule has 43 heavy (non-hydrogen) atoms. The summed E-state index contributed by atoms with van der Waals surface area (Å²) in [6, 6.07) is 6.90. The Morgan fingerprint density at radius 2 is 1.77 bits per heavy atom. The lowest BCUT2D eigenvalue weighted by atomic mass is 10.1. The summed E-state index contributed by atoms with van der Waals surface area (Å²) in [7, 11) is 1.50. The Balaban J connectivity index is 1.34. The van der Waals surface area contributed by atoms with Crippen molar-refractivity contribution in [3.05, 3.63) is 65.0 Å². The first-order valence-corrected chi connectivity index (χ1v) is 13.8. The van der Waals surface area contributed by atoms with Crippen molar-refractivity contribution < 1.29 is 26.7 Å². The molecule has 9 nitrogen and oxygen atoms in total. The van der Waals surface area contributed by atoms with E-state index in [1.165, 1.54) is 17.9 Å². The van der Waals surface area contributed by atoms with E-state index in [0.29, 0.717) is 46.9 Å². The Hall–Kier alpha value is -4.49. The average molecular weight is 599 g/mol. The second kappa shape index (κ2) is 11.3. The van der Waals surface area contributed by atoms with Gasteiger partial charge in [-0.2, -0.15) is 22.0 Å². The van der Waals surface area contributed by atoms with Gasteiger partial charge in [-0.15, -0.1) is 0 Å². The molecule has 0 saturated heterocycles. The van der Waals surface area contributed by atoms with Gasteiger partial charge in [0.2, 0.25) is 5.88 Å². The first kappa shape index (κ1) is 28.6. The number of hydrogen-bond donors (Lipinski definition) is 2. The van der Waals surface area contributed by atoms with Crippen LogP contribution in [0.15, 0.2) is 36.8 Å². The number of benzene rings is 1. The van der Waals surface area contributed by atoms with E-state index in [1.807, 2.05) is 0 Å². The molecule has 1 saturated carbocycles. The molecule has 0 spiro atoms. The predicted molar refractivity (Wildman–Crippen MR) is 147 cm³/mol. The number of aryl methyl sites for hydroxylation is 2. The zero-order valence-electron chi connectivity index (χ0n) is 23.0. The lowest BCUT2D eigenvalue weighted by Crippen LogP contribution is -2.15. The number of imidazole rings is 1. The molecule has 2 aliphatic carbocycles. The van der Waals surface area contributed by atoms with Gasteiger partial charge in [-0.25, -0.2) is 24.9 Å². The molecule has 3 heterocycles. The van der Waals surface area contributed by atoms with Crippen molar-refractivity contribution >= 4 is 11.5 Å². The van der Waals surface area contributed by atoms with Crippen LogP contribution in [0.4, 0.5) is 27.8 Å². The van der Waals surface area contributed by atoms with Crippen molar-refractivity contribution in [2.45, 2.75) is 63.8 Å². The second-order valence-corrected chi connectivity index (χ2v) is 10.6. The van der Waals surface area contributed by atoms with Crippen molar-refractivity contribution in [1.29, 1.82) is 5.41 Å². The van der Waals surface area contributed by atoms with Crippen LogP contribution in [0.2, 0.25) is 0 Å². The van der Waals surface area contributed by atoms with Crippen LogP contribution in [0.5, 0.6) is 5.88 Å². The third-order valence-electron chi connectivity index (χ3n) is 7.45. The average Bonchev–Trinajstić information content (AvgIpc) is 3.76. The monoisotopic (exact) mass is 598 g/mol. The summed E-state index contributed by atoms with van der Waals surface area (Å²) in [5.41, 5.74) is 2.72. The van der Waals surface area contributed by atoms with E-state index < -0.39 is 18.5 Å². The molecule has 0 amide bonds. The van der Waals surface area contributed by atoms with Crippen LogP contribution in [0.1, 0.15) is 66.2 Å². The summed E-state index contributed by atoms with van der Waals surface area (Å²) in [6.45, 7) is -2.83. The van der Waals surface area contributed by atoms with Gasteiger partial charge in [-0.05, 0) is 44.1 Å². The number of fused-ring (bicyclic) bond motifs is 1. The van der Waals surface area contributed by atoms with E-state index in [0.717, 1.165) is 37.4 Å². The van der Waals surface area contributed by atoms with Gasteiger partial charge in [0.25, 0.3) is 0 Å². The van der Waals surface area contributed by atoms with E-state index in [-0.39, 0.29) is 35.6 Å². The maximum absolute atomic E-state index is 13.3. The smallest absolute Gasteiger partial charge is 0.416 e. The number of halogens is 5. The fourth-order valence-corrected chi connectivity index (χ4v) is 5.23. The van der Waals surface area contributed by atoms with Gasteiger partial charge in [-0.3, -0.25) is 0 Å². The predicted octanol–water partition coefficient (Wildman–Crippen LogP) is 6.54. The summed E-state index contributed by atoms with van der Waals surface area (Å²) in [4.78, 5) is 21.5. The lowest BCUT2D eigenvalue weighted by molar-refractivity contribution is -0.140. The number of aromatic nitrogens is 6. The van der Waals surface area contributed by atoms with Gasteiger partial charge < -0.3 is 20.0 Å². The van der Waals surface area contributed by atoms with Crippen LogP contribution >= 0.6 is 0 Å². The van der Waals surface area contributed by atoms with Crippen LogP contribution in [-0.2, 0) is 26.2 Å². The number of hydrogen-bond acceptors (Lipinski definition) is 8. The van der Waals surface area contributed by atoms with E-state index in [2.05, 4.69) is 20.3 Å². The minimum Gasteiger partial charge on any atom is -0.416 e. The van der Waals surface area contributed by atoms with E-state index in [1.54, 1.807) is 24.3 Å². The van der Waals surface area contributed by atoms with Crippen molar-refractivity contribution in [3.8, 4) is 28.7 Å². The first-order chi connectivity index (χ1) is 20.6. The fourth-order valence-electron chi connectivity index (χ4n) is 5.23. The molecule has 0 unspecified atom stereocenters. The number of anilines is 1. The van der Waals surface area contributed by atoms with Gasteiger partial charge in [0, 0.05) is 37.0 Å². The van der Waals surface area contributed by atoms with Crippen molar-refractivity contribution in [1.82, 2.24) is 29.5 Å². The van der Waals surface area contributed by atoms with E-state index >= 15 is 0 Å². The molecule has 6 rings (SSSR count). The zero-order chi connectivity index (χ0) is 30.3. The SMILES string of the molecule is Cn1cc(C(F)(F)F)nc1-c1ccc(CNc2nc(-c3c(OC(F)F)ncnc3C3CC3)nc3c2C(=N)CCCC3)cc1. The minimum absolute atomic E-state index is 0.0691. The van der Waals surface area contributed by atoms with E-state index in [9.17, 15) is 22.0 Å². The standard InChI is InChI=1S/C29H27F5N8O/c1-42-13-20(29(32,33)34)40-26(42)17-8-6-15(7-9-17)12-36-24-21-18(35)4-2-3-5-19(21)39-25(41-24)22-23(16-10-11-16)37-14-38-27(22)43-28(30)31/h6-9,13-14,16,28,35H,2-5,10-12H2,1H3,(H,36,39,41). The quantitative estimate of drug-likeness (QED) is 0.175. The second-order valence-electron chi connectivity index (χ2n) is 10.6. The highest BCUT2D eigenvalue weighted by molar-refractivity contribution is 6.03. The molecule has 1 aromatic carbocycles. The van der Waals surface area contributed by atoms with Crippen LogP contribution in [0.3, 0.4) is 0 Å². The highest BCUT2D eigenvalue weighted by atomic mass is 19.4. The number of nitrogens with one attached hydrogen (secondary N) is 2. The third kappa shape index (κ3) is 6.04. The normalized spacial score (nSPS) is 15.4. The van der Waals surface area contributed by atoms with Gasteiger partial charge in [0.1, 0.15) is 23.5 Å². The lowest BCUT2D eigenvalue weighted by Gasteiger charge is -2.18. The number of nitrogens with zero attached hydrogens (tertiary/aromatic N) is 6. The topological polar surface area (TPSA) is 114 Å².